The summed E-state index contributed by atoms with van der Waals surface area (Å²) in [6, 6.07) is 16.4. The number of rotatable bonds is 5. The molecular formula is C20H22O3. The van der Waals surface area contributed by atoms with E-state index in [0.29, 0.717) is 13.0 Å². The summed E-state index contributed by atoms with van der Waals surface area (Å²) >= 11 is 0. The van der Waals surface area contributed by atoms with Crippen molar-refractivity contribution in [2.24, 2.45) is 0 Å². The van der Waals surface area contributed by atoms with Crippen LogP contribution in [-0.4, -0.2) is 19.7 Å². The highest BCUT2D eigenvalue weighted by Crippen LogP contribution is 2.44. The zero-order valence-electron chi connectivity index (χ0n) is 13.6. The molecule has 0 spiro atoms. The lowest BCUT2D eigenvalue weighted by Crippen LogP contribution is -2.12. The number of esters is 1. The zero-order chi connectivity index (χ0) is 16.2. The van der Waals surface area contributed by atoms with E-state index in [9.17, 15) is 4.79 Å². The van der Waals surface area contributed by atoms with Gasteiger partial charge in [0, 0.05) is 13.0 Å². The molecule has 0 aromatic heterocycles. The van der Waals surface area contributed by atoms with Crippen LogP contribution in [-0.2, 0) is 20.7 Å². The van der Waals surface area contributed by atoms with Crippen LogP contribution in [0.2, 0.25) is 0 Å². The van der Waals surface area contributed by atoms with Crippen LogP contribution < -0.4 is 0 Å². The second-order valence-corrected chi connectivity index (χ2v) is 6.02. The highest BCUT2D eigenvalue weighted by molar-refractivity contribution is 5.74. The van der Waals surface area contributed by atoms with E-state index < -0.39 is 0 Å². The van der Waals surface area contributed by atoms with Gasteiger partial charge in [0.25, 0.3) is 0 Å². The van der Waals surface area contributed by atoms with E-state index in [2.05, 4.69) is 37.3 Å². The molecule has 0 N–H and O–H groups in total. The number of hydrogen-bond acceptors (Lipinski definition) is 3. The Bertz CT molecular complexity index is 679. The van der Waals surface area contributed by atoms with Gasteiger partial charge in [-0.05, 0) is 35.6 Å². The first-order valence-corrected chi connectivity index (χ1v) is 8.02. The van der Waals surface area contributed by atoms with Crippen LogP contribution in [0.5, 0.6) is 0 Å². The molecule has 0 saturated carbocycles. The number of methoxy groups -OCH3 is 1. The average molecular weight is 310 g/mol. The average Bonchev–Trinajstić information content (AvgIpc) is 2.95. The highest BCUT2D eigenvalue weighted by Gasteiger charge is 2.38. The number of carbonyl (C=O) groups is 1. The Morgan fingerprint density at radius 1 is 1.13 bits per heavy atom. The largest absolute Gasteiger partial charge is 0.457 e. The molecule has 2 aromatic carbocycles. The van der Waals surface area contributed by atoms with E-state index in [1.165, 1.54) is 11.1 Å². The standard InChI is InChI=1S/C20H22O3/c1-14-7-6-10-16(11-12-22-2)19(14)20-17(13-18(21)23-20)15-8-4-3-5-9-15/h3-10,17,20H,11-13H2,1-2H3/t17-,20-/m1/s1. The van der Waals surface area contributed by atoms with Gasteiger partial charge in [-0.15, -0.1) is 0 Å². The van der Waals surface area contributed by atoms with E-state index in [0.717, 1.165) is 17.5 Å². The number of benzene rings is 2. The van der Waals surface area contributed by atoms with E-state index in [4.69, 9.17) is 9.47 Å². The number of ether oxygens (including phenoxy) is 2. The molecule has 3 rings (SSSR count). The third-order valence-electron chi connectivity index (χ3n) is 4.51. The van der Waals surface area contributed by atoms with Crippen molar-refractivity contribution in [2.75, 3.05) is 13.7 Å². The van der Waals surface area contributed by atoms with Gasteiger partial charge >= 0.3 is 5.97 Å². The maximum Gasteiger partial charge on any atom is 0.307 e. The molecule has 0 radical (unpaired) electrons. The molecule has 1 heterocycles. The maximum absolute atomic E-state index is 12.0. The lowest BCUT2D eigenvalue weighted by atomic mass is 9.84. The van der Waals surface area contributed by atoms with Gasteiger partial charge in [0.2, 0.25) is 0 Å². The smallest absolute Gasteiger partial charge is 0.307 e. The Morgan fingerprint density at radius 2 is 1.91 bits per heavy atom. The fourth-order valence-electron chi connectivity index (χ4n) is 3.39. The van der Waals surface area contributed by atoms with E-state index in [-0.39, 0.29) is 18.0 Å². The fraction of sp³-hybridized carbons (Fsp3) is 0.350. The molecule has 0 amide bonds. The van der Waals surface area contributed by atoms with Crippen molar-refractivity contribution >= 4 is 5.97 Å². The minimum atomic E-state index is -0.210. The Hall–Kier alpha value is -2.13. The normalized spacial score (nSPS) is 20.5. The second-order valence-electron chi connectivity index (χ2n) is 6.02. The predicted molar refractivity (Wildman–Crippen MR) is 89.4 cm³/mol. The highest BCUT2D eigenvalue weighted by atomic mass is 16.5. The number of carbonyl (C=O) groups excluding carboxylic acids is 1. The Balaban J connectivity index is 2.00. The SMILES string of the molecule is COCCc1cccc(C)c1[C@@H]1OC(=O)C[C@@H]1c1ccccc1. The minimum Gasteiger partial charge on any atom is -0.457 e. The first-order valence-electron chi connectivity index (χ1n) is 8.02. The lowest BCUT2D eigenvalue weighted by molar-refractivity contribution is -0.141. The number of cyclic esters (lactones) is 1. The van der Waals surface area contributed by atoms with Crippen LogP contribution >= 0.6 is 0 Å². The monoisotopic (exact) mass is 310 g/mol. The van der Waals surface area contributed by atoms with E-state index in [1.54, 1.807) is 7.11 Å². The molecule has 1 fully saturated rings. The van der Waals surface area contributed by atoms with Crippen LogP contribution in [0.25, 0.3) is 0 Å². The van der Waals surface area contributed by atoms with Crippen LogP contribution in [0.15, 0.2) is 48.5 Å². The second kappa shape index (κ2) is 6.97. The number of hydrogen-bond donors (Lipinski definition) is 0. The molecule has 23 heavy (non-hydrogen) atoms. The molecule has 1 aliphatic rings. The van der Waals surface area contributed by atoms with Gasteiger partial charge < -0.3 is 9.47 Å². The van der Waals surface area contributed by atoms with Crippen molar-refractivity contribution in [3.63, 3.8) is 0 Å². The molecule has 3 heteroatoms. The maximum atomic E-state index is 12.0. The van der Waals surface area contributed by atoms with Gasteiger partial charge in [0.15, 0.2) is 0 Å². The quantitative estimate of drug-likeness (QED) is 0.784. The summed E-state index contributed by atoms with van der Waals surface area (Å²) in [5.74, 6) is -0.0455. The Kier molecular flexibility index (Phi) is 4.77. The van der Waals surface area contributed by atoms with Gasteiger partial charge in [0.05, 0.1) is 13.0 Å². The number of aryl methyl sites for hydroxylation is 1. The Morgan fingerprint density at radius 3 is 2.65 bits per heavy atom. The summed E-state index contributed by atoms with van der Waals surface area (Å²) in [7, 11) is 1.71. The minimum absolute atomic E-state index is 0.0751. The van der Waals surface area contributed by atoms with Gasteiger partial charge in [-0.2, -0.15) is 0 Å². The first-order chi connectivity index (χ1) is 11.2. The predicted octanol–water partition coefficient (Wildman–Crippen LogP) is 3.96. The van der Waals surface area contributed by atoms with Crippen molar-refractivity contribution in [3.8, 4) is 0 Å². The third-order valence-corrected chi connectivity index (χ3v) is 4.51. The van der Waals surface area contributed by atoms with Gasteiger partial charge in [-0.25, -0.2) is 0 Å². The molecule has 1 saturated heterocycles. The van der Waals surface area contributed by atoms with E-state index >= 15 is 0 Å². The van der Waals surface area contributed by atoms with Crippen molar-refractivity contribution in [1.82, 2.24) is 0 Å². The molecule has 2 aromatic rings. The summed E-state index contributed by atoms with van der Waals surface area (Å²) in [6.45, 7) is 2.74. The van der Waals surface area contributed by atoms with Gasteiger partial charge in [0.1, 0.15) is 6.10 Å². The van der Waals surface area contributed by atoms with Gasteiger partial charge in [-0.1, -0.05) is 48.5 Å². The van der Waals surface area contributed by atoms with Crippen molar-refractivity contribution in [3.05, 3.63) is 70.8 Å². The van der Waals surface area contributed by atoms with Crippen LogP contribution in [0.1, 0.15) is 40.7 Å². The first kappa shape index (κ1) is 15.8. The molecule has 3 nitrogen and oxygen atoms in total. The molecule has 2 atom stereocenters. The molecule has 0 aliphatic carbocycles. The van der Waals surface area contributed by atoms with Crippen molar-refractivity contribution in [2.45, 2.75) is 31.8 Å². The summed E-state index contributed by atoms with van der Waals surface area (Å²) in [4.78, 5) is 12.0. The lowest BCUT2D eigenvalue weighted by Gasteiger charge is -2.23. The third kappa shape index (κ3) is 3.30. The summed E-state index contributed by atoms with van der Waals surface area (Å²) < 4.78 is 11.0. The topological polar surface area (TPSA) is 35.5 Å². The zero-order valence-corrected chi connectivity index (χ0v) is 13.6. The molecule has 0 unspecified atom stereocenters. The summed E-state index contributed by atoms with van der Waals surface area (Å²) in [5, 5.41) is 0. The molecular weight excluding hydrogens is 288 g/mol. The summed E-state index contributed by atoms with van der Waals surface area (Å²) in [6.07, 6.45) is 1.05. The van der Waals surface area contributed by atoms with Crippen molar-refractivity contribution in [1.29, 1.82) is 0 Å². The summed E-state index contributed by atoms with van der Waals surface area (Å²) in [5.41, 5.74) is 4.67. The molecule has 1 aliphatic heterocycles. The fourth-order valence-corrected chi connectivity index (χ4v) is 3.39. The van der Waals surface area contributed by atoms with Crippen LogP contribution in [0, 0.1) is 6.92 Å². The Labute approximate surface area is 137 Å². The van der Waals surface area contributed by atoms with Crippen molar-refractivity contribution < 1.29 is 14.3 Å². The molecule has 0 bridgehead atoms. The van der Waals surface area contributed by atoms with Gasteiger partial charge in [-0.3, -0.25) is 4.79 Å². The van der Waals surface area contributed by atoms with E-state index in [1.807, 2.05) is 18.2 Å². The molecule has 120 valence electrons. The van der Waals surface area contributed by atoms with Crippen LogP contribution in [0.4, 0.5) is 0 Å². The van der Waals surface area contributed by atoms with Crippen LogP contribution in [0.3, 0.4) is 0 Å².